The Labute approximate surface area is 121 Å². The number of hydrogen-bond acceptors (Lipinski definition) is 3. The SMILES string of the molecule is CCC(C)C(NC(=O)CC1(NC)CCCCC1)C(=O)O. The molecule has 1 rings (SSSR count). The lowest BCUT2D eigenvalue weighted by Gasteiger charge is -2.37. The molecule has 0 aromatic carbocycles. The Morgan fingerprint density at radius 2 is 1.85 bits per heavy atom. The summed E-state index contributed by atoms with van der Waals surface area (Å²) in [6.07, 6.45) is 6.54. The molecule has 20 heavy (non-hydrogen) atoms. The van der Waals surface area contributed by atoms with E-state index in [4.69, 9.17) is 0 Å². The van der Waals surface area contributed by atoms with Gasteiger partial charge in [0.15, 0.2) is 0 Å². The first-order valence-electron chi connectivity index (χ1n) is 7.65. The maximum absolute atomic E-state index is 12.2. The van der Waals surface area contributed by atoms with E-state index < -0.39 is 12.0 Å². The molecule has 2 atom stereocenters. The van der Waals surface area contributed by atoms with E-state index in [1.54, 1.807) is 0 Å². The molecule has 0 bridgehead atoms. The lowest BCUT2D eigenvalue weighted by Crippen LogP contribution is -2.51. The van der Waals surface area contributed by atoms with Crippen molar-refractivity contribution in [3.63, 3.8) is 0 Å². The molecule has 116 valence electrons. The zero-order chi connectivity index (χ0) is 15.2. The Balaban J connectivity index is 2.62. The number of rotatable bonds is 7. The third kappa shape index (κ3) is 4.47. The molecule has 5 nitrogen and oxygen atoms in total. The molecule has 0 saturated heterocycles. The van der Waals surface area contributed by atoms with Gasteiger partial charge in [0.05, 0.1) is 0 Å². The quantitative estimate of drug-likeness (QED) is 0.667. The molecular formula is C15H28N2O3. The zero-order valence-corrected chi connectivity index (χ0v) is 12.9. The van der Waals surface area contributed by atoms with Gasteiger partial charge in [0, 0.05) is 12.0 Å². The predicted octanol–water partition coefficient (Wildman–Crippen LogP) is 1.91. The normalized spacial score (nSPS) is 20.9. The van der Waals surface area contributed by atoms with Gasteiger partial charge in [-0.25, -0.2) is 4.79 Å². The van der Waals surface area contributed by atoms with Gasteiger partial charge < -0.3 is 15.7 Å². The van der Waals surface area contributed by atoms with Crippen molar-refractivity contribution < 1.29 is 14.7 Å². The second-order valence-corrected chi connectivity index (χ2v) is 6.04. The number of amides is 1. The first-order chi connectivity index (χ1) is 9.44. The minimum absolute atomic E-state index is 0.0617. The summed E-state index contributed by atoms with van der Waals surface area (Å²) in [6, 6.07) is -0.787. The average Bonchev–Trinajstić information content (AvgIpc) is 2.44. The van der Waals surface area contributed by atoms with Crippen molar-refractivity contribution in [2.24, 2.45) is 5.92 Å². The van der Waals surface area contributed by atoms with Gasteiger partial charge in [0.1, 0.15) is 6.04 Å². The minimum Gasteiger partial charge on any atom is -0.480 e. The highest BCUT2D eigenvalue weighted by Crippen LogP contribution is 2.30. The number of carbonyl (C=O) groups is 2. The highest BCUT2D eigenvalue weighted by Gasteiger charge is 2.34. The van der Waals surface area contributed by atoms with Crippen LogP contribution in [0.25, 0.3) is 0 Å². The molecule has 1 saturated carbocycles. The Morgan fingerprint density at radius 3 is 2.30 bits per heavy atom. The Bertz CT molecular complexity index is 338. The van der Waals surface area contributed by atoms with E-state index in [1.807, 2.05) is 20.9 Å². The van der Waals surface area contributed by atoms with E-state index in [0.29, 0.717) is 6.42 Å². The molecule has 5 heteroatoms. The van der Waals surface area contributed by atoms with Crippen LogP contribution in [0.3, 0.4) is 0 Å². The molecule has 0 heterocycles. The second kappa shape index (κ2) is 7.62. The van der Waals surface area contributed by atoms with Crippen LogP contribution in [0, 0.1) is 5.92 Å². The first-order valence-corrected chi connectivity index (χ1v) is 7.65. The molecule has 3 N–H and O–H groups in total. The molecule has 2 unspecified atom stereocenters. The van der Waals surface area contributed by atoms with Crippen molar-refractivity contribution in [1.29, 1.82) is 0 Å². The largest absolute Gasteiger partial charge is 0.480 e. The van der Waals surface area contributed by atoms with Crippen LogP contribution in [-0.4, -0.2) is 35.6 Å². The van der Waals surface area contributed by atoms with E-state index in [9.17, 15) is 14.7 Å². The molecule has 0 aromatic heterocycles. The number of carboxylic acids is 1. The van der Waals surface area contributed by atoms with Crippen LogP contribution in [0.1, 0.15) is 58.8 Å². The van der Waals surface area contributed by atoms with E-state index in [-0.39, 0.29) is 17.4 Å². The summed E-state index contributed by atoms with van der Waals surface area (Å²) in [5, 5.41) is 15.2. The van der Waals surface area contributed by atoms with E-state index in [0.717, 1.165) is 32.1 Å². The van der Waals surface area contributed by atoms with Crippen LogP contribution in [-0.2, 0) is 9.59 Å². The van der Waals surface area contributed by atoms with Gasteiger partial charge in [0.25, 0.3) is 0 Å². The highest BCUT2D eigenvalue weighted by atomic mass is 16.4. The Hall–Kier alpha value is -1.10. The topological polar surface area (TPSA) is 78.4 Å². The van der Waals surface area contributed by atoms with Crippen LogP contribution in [0.4, 0.5) is 0 Å². The van der Waals surface area contributed by atoms with E-state index >= 15 is 0 Å². The van der Waals surface area contributed by atoms with Gasteiger partial charge in [-0.2, -0.15) is 0 Å². The predicted molar refractivity (Wildman–Crippen MR) is 78.5 cm³/mol. The fourth-order valence-electron chi connectivity index (χ4n) is 2.96. The van der Waals surface area contributed by atoms with Gasteiger partial charge in [-0.1, -0.05) is 39.5 Å². The molecule has 0 aliphatic heterocycles. The van der Waals surface area contributed by atoms with Crippen molar-refractivity contribution >= 4 is 11.9 Å². The molecular weight excluding hydrogens is 256 g/mol. The van der Waals surface area contributed by atoms with Gasteiger partial charge in [-0.3, -0.25) is 4.79 Å². The average molecular weight is 284 g/mol. The van der Waals surface area contributed by atoms with Gasteiger partial charge in [-0.15, -0.1) is 0 Å². The van der Waals surface area contributed by atoms with Crippen molar-refractivity contribution in [3.05, 3.63) is 0 Å². The molecule has 0 aromatic rings. The third-order valence-electron chi connectivity index (χ3n) is 4.64. The number of aliphatic carboxylic acids is 1. The number of hydrogen-bond donors (Lipinski definition) is 3. The fourth-order valence-corrected chi connectivity index (χ4v) is 2.96. The van der Waals surface area contributed by atoms with Crippen LogP contribution in [0.15, 0.2) is 0 Å². The van der Waals surface area contributed by atoms with Gasteiger partial charge in [-0.05, 0) is 25.8 Å². The fraction of sp³-hybridized carbons (Fsp3) is 0.867. The van der Waals surface area contributed by atoms with E-state index in [2.05, 4.69) is 10.6 Å². The summed E-state index contributed by atoms with van der Waals surface area (Å²) in [7, 11) is 1.89. The molecule has 1 aliphatic rings. The van der Waals surface area contributed by atoms with Crippen LogP contribution in [0.5, 0.6) is 0 Å². The Kier molecular flexibility index (Phi) is 6.46. The van der Waals surface area contributed by atoms with Crippen LogP contribution < -0.4 is 10.6 Å². The lowest BCUT2D eigenvalue weighted by molar-refractivity contribution is -0.143. The third-order valence-corrected chi connectivity index (χ3v) is 4.64. The summed E-state index contributed by atoms with van der Waals surface area (Å²) < 4.78 is 0. The van der Waals surface area contributed by atoms with Crippen LogP contribution >= 0.6 is 0 Å². The smallest absolute Gasteiger partial charge is 0.326 e. The molecule has 1 fully saturated rings. The summed E-state index contributed by atoms with van der Waals surface area (Å²) in [4.78, 5) is 23.4. The number of nitrogens with one attached hydrogen (secondary N) is 2. The molecule has 1 amide bonds. The molecule has 0 spiro atoms. The van der Waals surface area contributed by atoms with Gasteiger partial charge in [0.2, 0.25) is 5.91 Å². The summed E-state index contributed by atoms with van der Waals surface area (Å²) in [6.45, 7) is 3.79. The van der Waals surface area contributed by atoms with Gasteiger partial charge >= 0.3 is 5.97 Å². The second-order valence-electron chi connectivity index (χ2n) is 6.04. The summed E-state index contributed by atoms with van der Waals surface area (Å²) in [5.41, 5.74) is -0.152. The molecule has 0 radical (unpaired) electrons. The highest BCUT2D eigenvalue weighted by molar-refractivity contribution is 5.84. The monoisotopic (exact) mass is 284 g/mol. The summed E-state index contributed by atoms with van der Waals surface area (Å²) in [5.74, 6) is -1.17. The van der Waals surface area contributed by atoms with Crippen molar-refractivity contribution in [3.8, 4) is 0 Å². The maximum Gasteiger partial charge on any atom is 0.326 e. The minimum atomic E-state index is -0.949. The number of carboxylic acid groups (broad SMARTS) is 1. The summed E-state index contributed by atoms with van der Waals surface area (Å²) >= 11 is 0. The first kappa shape index (κ1) is 17.0. The van der Waals surface area contributed by atoms with E-state index in [1.165, 1.54) is 6.42 Å². The van der Waals surface area contributed by atoms with Crippen LogP contribution in [0.2, 0.25) is 0 Å². The van der Waals surface area contributed by atoms with Crippen molar-refractivity contribution in [2.75, 3.05) is 7.05 Å². The maximum atomic E-state index is 12.2. The zero-order valence-electron chi connectivity index (χ0n) is 12.9. The number of carbonyl (C=O) groups excluding carboxylic acids is 1. The standard InChI is InChI=1S/C15H28N2O3/c1-4-11(2)13(14(19)20)17-12(18)10-15(16-3)8-6-5-7-9-15/h11,13,16H,4-10H2,1-3H3,(H,17,18)(H,19,20). The van der Waals surface area contributed by atoms with Crippen molar-refractivity contribution in [1.82, 2.24) is 10.6 Å². The van der Waals surface area contributed by atoms with Crippen molar-refractivity contribution in [2.45, 2.75) is 70.4 Å². The lowest BCUT2D eigenvalue weighted by atomic mass is 9.79. The Morgan fingerprint density at radius 1 is 1.25 bits per heavy atom. The molecule has 1 aliphatic carbocycles.